The van der Waals surface area contributed by atoms with E-state index in [1.54, 1.807) is 0 Å². The van der Waals surface area contributed by atoms with Crippen LogP contribution in [-0.4, -0.2) is 12.1 Å². The van der Waals surface area contributed by atoms with Gasteiger partial charge in [-0.2, -0.15) is 5.26 Å². The van der Waals surface area contributed by atoms with Crippen molar-refractivity contribution in [2.45, 2.75) is 25.3 Å². The quantitative estimate of drug-likeness (QED) is 0.823. The summed E-state index contributed by atoms with van der Waals surface area (Å²) >= 11 is 0. The molecule has 5 heteroatoms. The highest BCUT2D eigenvalue weighted by Gasteiger charge is 2.19. The van der Waals surface area contributed by atoms with Gasteiger partial charge >= 0.3 is 6.03 Å². The molecule has 0 heterocycles. The van der Waals surface area contributed by atoms with E-state index in [0.717, 1.165) is 25.3 Å². The molecule has 0 spiro atoms. The number of nitrogens with one attached hydrogen (secondary N) is 2. The molecule has 0 aromatic heterocycles. The first kappa shape index (κ1) is 11.4. The summed E-state index contributed by atoms with van der Waals surface area (Å²) in [5, 5.41) is 14.0. The molecular weight excluding hydrogens is 221 g/mol. The number of nitriles is 1. The van der Waals surface area contributed by atoms with Crippen LogP contribution in [-0.2, 0) is 0 Å². The topological polar surface area (TPSA) is 64.9 Å². The SMILES string of the molecule is N#Cc1cc(F)cc(NC(=O)NC2CCC2)c1. The number of anilines is 1. The van der Waals surface area contributed by atoms with Crippen molar-refractivity contribution in [3.05, 3.63) is 29.6 Å². The molecule has 2 N–H and O–H groups in total. The van der Waals surface area contributed by atoms with Gasteiger partial charge in [0.15, 0.2) is 0 Å². The molecule has 1 aliphatic rings. The maximum Gasteiger partial charge on any atom is 0.319 e. The van der Waals surface area contributed by atoms with Gasteiger partial charge in [-0.05, 0) is 37.5 Å². The smallest absolute Gasteiger partial charge is 0.319 e. The van der Waals surface area contributed by atoms with E-state index in [1.165, 1.54) is 12.1 Å². The van der Waals surface area contributed by atoms with Crippen molar-refractivity contribution in [3.63, 3.8) is 0 Å². The normalized spacial score (nSPS) is 14.6. The van der Waals surface area contributed by atoms with E-state index in [4.69, 9.17) is 5.26 Å². The Morgan fingerprint density at radius 3 is 2.76 bits per heavy atom. The third kappa shape index (κ3) is 2.94. The average molecular weight is 233 g/mol. The monoisotopic (exact) mass is 233 g/mol. The molecule has 4 nitrogen and oxygen atoms in total. The van der Waals surface area contributed by atoms with Crippen LogP contribution < -0.4 is 10.6 Å². The zero-order chi connectivity index (χ0) is 12.3. The number of nitrogens with zero attached hydrogens (tertiary/aromatic N) is 1. The Morgan fingerprint density at radius 1 is 1.41 bits per heavy atom. The Morgan fingerprint density at radius 2 is 2.18 bits per heavy atom. The van der Waals surface area contributed by atoms with E-state index in [9.17, 15) is 9.18 Å². The minimum absolute atomic E-state index is 0.184. The number of hydrogen-bond donors (Lipinski definition) is 2. The Labute approximate surface area is 98.4 Å². The second kappa shape index (κ2) is 4.83. The highest BCUT2D eigenvalue weighted by atomic mass is 19.1. The van der Waals surface area contributed by atoms with Crippen molar-refractivity contribution in [1.82, 2.24) is 5.32 Å². The van der Waals surface area contributed by atoms with Gasteiger partial charge in [-0.1, -0.05) is 0 Å². The zero-order valence-electron chi connectivity index (χ0n) is 9.16. The van der Waals surface area contributed by atoms with E-state index >= 15 is 0 Å². The molecule has 1 saturated carbocycles. The first-order valence-corrected chi connectivity index (χ1v) is 5.45. The fraction of sp³-hybridized carbons (Fsp3) is 0.333. The molecule has 0 saturated heterocycles. The summed E-state index contributed by atoms with van der Waals surface area (Å²) in [4.78, 5) is 11.5. The number of urea groups is 1. The average Bonchev–Trinajstić information content (AvgIpc) is 2.22. The third-order valence-corrected chi connectivity index (χ3v) is 2.73. The number of carbonyl (C=O) groups excluding carboxylic acids is 1. The van der Waals surface area contributed by atoms with Gasteiger partial charge in [0.25, 0.3) is 0 Å². The summed E-state index contributed by atoms with van der Waals surface area (Å²) in [6.07, 6.45) is 3.10. The molecule has 0 radical (unpaired) electrons. The van der Waals surface area contributed by atoms with Gasteiger partial charge in [0.2, 0.25) is 0 Å². The maximum absolute atomic E-state index is 13.1. The second-order valence-corrected chi connectivity index (χ2v) is 4.07. The summed E-state index contributed by atoms with van der Waals surface area (Å²) in [5.41, 5.74) is 0.474. The molecule has 1 fully saturated rings. The molecule has 0 aliphatic heterocycles. The van der Waals surface area contributed by atoms with E-state index in [2.05, 4.69) is 10.6 Å². The highest BCUT2D eigenvalue weighted by Crippen LogP contribution is 2.18. The molecule has 2 amide bonds. The standard InChI is InChI=1S/C12H12FN3O/c13-9-4-8(7-14)5-11(6-9)16-12(17)15-10-2-1-3-10/h4-6,10H,1-3H2,(H2,15,16,17). The van der Waals surface area contributed by atoms with Crippen molar-refractivity contribution in [3.8, 4) is 6.07 Å². The Bertz CT molecular complexity index is 477. The van der Waals surface area contributed by atoms with Crippen LogP contribution in [0.15, 0.2) is 18.2 Å². The first-order chi connectivity index (χ1) is 8.17. The summed E-state index contributed by atoms with van der Waals surface area (Å²) < 4.78 is 13.1. The number of halogens is 1. The molecule has 0 unspecified atom stereocenters. The number of benzene rings is 1. The van der Waals surface area contributed by atoms with Gasteiger partial charge in [-0.3, -0.25) is 0 Å². The minimum Gasteiger partial charge on any atom is -0.335 e. The van der Waals surface area contributed by atoms with Crippen molar-refractivity contribution in [2.75, 3.05) is 5.32 Å². The minimum atomic E-state index is -0.539. The maximum atomic E-state index is 13.1. The molecule has 88 valence electrons. The molecule has 1 aromatic carbocycles. The lowest BCUT2D eigenvalue weighted by molar-refractivity contribution is 0.240. The summed E-state index contributed by atoms with van der Waals surface area (Å²) in [6, 6.07) is 5.43. The Hall–Kier alpha value is -2.09. The van der Waals surface area contributed by atoms with Crippen LogP contribution in [0.2, 0.25) is 0 Å². The van der Waals surface area contributed by atoms with Gasteiger partial charge in [-0.15, -0.1) is 0 Å². The van der Waals surface area contributed by atoms with Crippen molar-refractivity contribution in [1.29, 1.82) is 5.26 Å². The van der Waals surface area contributed by atoms with Gasteiger partial charge in [0.05, 0.1) is 11.6 Å². The lowest BCUT2D eigenvalue weighted by Gasteiger charge is -2.26. The zero-order valence-corrected chi connectivity index (χ0v) is 9.16. The van der Waals surface area contributed by atoms with E-state index in [0.29, 0.717) is 5.69 Å². The van der Waals surface area contributed by atoms with Gasteiger partial charge in [-0.25, -0.2) is 9.18 Å². The van der Waals surface area contributed by atoms with E-state index in [1.807, 2.05) is 6.07 Å². The molecule has 1 aromatic rings. The molecule has 2 rings (SSSR count). The van der Waals surface area contributed by atoms with Crippen LogP contribution in [0.4, 0.5) is 14.9 Å². The second-order valence-electron chi connectivity index (χ2n) is 4.07. The van der Waals surface area contributed by atoms with E-state index < -0.39 is 5.82 Å². The molecule has 17 heavy (non-hydrogen) atoms. The lowest BCUT2D eigenvalue weighted by atomic mass is 9.93. The Balaban J connectivity index is 1.99. The third-order valence-electron chi connectivity index (χ3n) is 2.73. The fourth-order valence-electron chi connectivity index (χ4n) is 1.63. The summed E-state index contributed by atoms with van der Waals surface area (Å²) in [5.74, 6) is -0.539. The van der Waals surface area contributed by atoms with Crippen LogP contribution in [0, 0.1) is 17.1 Å². The number of carbonyl (C=O) groups is 1. The Kier molecular flexibility index (Phi) is 3.24. The number of rotatable bonds is 2. The van der Waals surface area contributed by atoms with Crippen LogP contribution in [0.3, 0.4) is 0 Å². The highest BCUT2D eigenvalue weighted by molar-refractivity contribution is 5.89. The van der Waals surface area contributed by atoms with Crippen LogP contribution >= 0.6 is 0 Å². The van der Waals surface area contributed by atoms with Crippen LogP contribution in [0.1, 0.15) is 24.8 Å². The van der Waals surface area contributed by atoms with Crippen molar-refractivity contribution < 1.29 is 9.18 Å². The van der Waals surface area contributed by atoms with Gasteiger partial charge in [0, 0.05) is 11.7 Å². The number of amides is 2. The fourth-order valence-corrected chi connectivity index (χ4v) is 1.63. The molecule has 0 atom stereocenters. The van der Waals surface area contributed by atoms with Crippen LogP contribution in [0.5, 0.6) is 0 Å². The predicted molar refractivity (Wildman–Crippen MR) is 60.9 cm³/mol. The first-order valence-electron chi connectivity index (χ1n) is 5.45. The van der Waals surface area contributed by atoms with Gasteiger partial charge in [0.1, 0.15) is 5.82 Å². The summed E-state index contributed by atoms with van der Waals surface area (Å²) in [7, 11) is 0. The lowest BCUT2D eigenvalue weighted by Crippen LogP contribution is -2.41. The van der Waals surface area contributed by atoms with Gasteiger partial charge < -0.3 is 10.6 Å². The molecular formula is C12H12FN3O. The predicted octanol–water partition coefficient (Wildman–Crippen LogP) is 2.37. The summed E-state index contributed by atoms with van der Waals surface area (Å²) in [6.45, 7) is 0. The van der Waals surface area contributed by atoms with E-state index in [-0.39, 0.29) is 17.6 Å². The molecule has 0 bridgehead atoms. The molecule has 1 aliphatic carbocycles. The van der Waals surface area contributed by atoms with Crippen molar-refractivity contribution in [2.24, 2.45) is 0 Å². The largest absolute Gasteiger partial charge is 0.335 e. The van der Waals surface area contributed by atoms with Crippen molar-refractivity contribution >= 4 is 11.7 Å². The number of hydrogen-bond acceptors (Lipinski definition) is 2. The van der Waals surface area contributed by atoms with Crippen LogP contribution in [0.25, 0.3) is 0 Å².